The normalized spacial score (nSPS) is 30.5. The molecular weight excluding hydrogens is 386 g/mol. The summed E-state index contributed by atoms with van der Waals surface area (Å²) in [6, 6.07) is 11.2. The van der Waals surface area contributed by atoms with E-state index in [1.807, 2.05) is 4.90 Å². The number of carbonyl (C=O) groups is 2. The van der Waals surface area contributed by atoms with Crippen molar-refractivity contribution in [1.29, 1.82) is 0 Å². The molecule has 1 aromatic rings. The summed E-state index contributed by atoms with van der Waals surface area (Å²) >= 11 is 0. The van der Waals surface area contributed by atoms with Crippen LogP contribution in [0.15, 0.2) is 30.3 Å². The fourth-order valence-corrected chi connectivity index (χ4v) is 6.29. The molecule has 3 saturated heterocycles. The minimum absolute atomic E-state index is 0.0373. The Kier molecular flexibility index (Phi) is 6.71. The summed E-state index contributed by atoms with van der Waals surface area (Å²) in [5.74, 6) is 0.516. The van der Waals surface area contributed by atoms with Crippen molar-refractivity contribution in [1.82, 2.24) is 14.7 Å². The van der Waals surface area contributed by atoms with Gasteiger partial charge in [0.25, 0.3) is 0 Å². The first-order valence-corrected chi connectivity index (χ1v) is 12.2. The van der Waals surface area contributed by atoms with E-state index in [-0.39, 0.29) is 29.4 Å². The van der Waals surface area contributed by atoms with E-state index in [9.17, 15) is 9.59 Å². The zero-order valence-electron chi connectivity index (χ0n) is 19.6. The Morgan fingerprint density at radius 3 is 2.39 bits per heavy atom. The average Bonchev–Trinajstić information content (AvgIpc) is 3.04. The minimum Gasteiger partial charge on any atom is -0.343 e. The topological polar surface area (TPSA) is 43.9 Å². The number of likely N-dealkylation sites (N-methyl/N-ethyl adjacent to an activating group) is 1. The van der Waals surface area contributed by atoms with Gasteiger partial charge in [-0.05, 0) is 64.6 Å². The molecule has 3 aliphatic heterocycles. The predicted octanol–water partition coefficient (Wildman–Crippen LogP) is 3.72. The van der Waals surface area contributed by atoms with E-state index < -0.39 is 0 Å². The van der Waals surface area contributed by atoms with Crippen molar-refractivity contribution < 1.29 is 9.59 Å². The molecule has 4 rings (SSSR count). The molecule has 3 aliphatic rings. The van der Waals surface area contributed by atoms with Crippen LogP contribution in [0.4, 0.5) is 0 Å². The number of rotatable bonds is 3. The van der Waals surface area contributed by atoms with Crippen molar-refractivity contribution in [3.63, 3.8) is 0 Å². The fraction of sp³-hybridized carbons (Fsp3) is 0.692. The summed E-state index contributed by atoms with van der Waals surface area (Å²) in [5, 5.41) is 0. The Balaban J connectivity index is 1.60. The first-order valence-electron chi connectivity index (χ1n) is 12.2. The SMILES string of the molecule is CC(=O)N1CCC(C(=O)N2[C@H](Cc3ccccc3)C[C@@]3(C)[C@@H]2CCCCCN3C)CC1. The number of amides is 2. The smallest absolute Gasteiger partial charge is 0.226 e. The maximum absolute atomic E-state index is 14.0. The van der Waals surface area contributed by atoms with E-state index in [4.69, 9.17) is 0 Å². The molecule has 1 aromatic carbocycles. The second kappa shape index (κ2) is 9.32. The van der Waals surface area contributed by atoms with Gasteiger partial charge in [0.05, 0.1) is 6.04 Å². The zero-order chi connectivity index (χ0) is 22.0. The summed E-state index contributed by atoms with van der Waals surface area (Å²) < 4.78 is 0. The summed E-state index contributed by atoms with van der Waals surface area (Å²) in [5.41, 5.74) is 1.35. The van der Waals surface area contributed by atoms with Crippen molar-refractivity contribution in [2.45, 2.75) is 82.8 Å². The molecule has 0 aromatic heterocycles. The third-order valence-electron chi connectivity index (χ3n) is 8.30. The molecule has 0 spiro atoms. The molecule has 0 bridgehead atoms. The van der Waals surface area contributed by atoms with Crippen LogP contribution in [-0.4, -0.2) is 70.8 Å². The van der Waals surface area contributed by atoms with Gasteiger partial charge in [0.15, 0.2) is 0 Å². The van der Waals surface area contributed by atoms with Crippen molar-refractivity contribution >= 4 is 11.8 Å². The summed E-state index contributed by atoms with van der Waals surface area (Å²) in [7, 11) is 2.26. The molecule has 3 heterocycles. The number of fused-ring (bicyclic) bond motifs is 1. The van der Waals surface area contributed by atoms with Crippen LogP contribution < -0.4 is 0 Å². The third kappa shape index (κ3) is 4.52. The lowest BCUT2D eigenvalue weighted by Gasteiger charge is -2.44. The van der Waals surface area contributed by atoms with Crippen LogP contribution in [0.5, 0.6) is 0 Å². The molecule has 5 nitrogen and oxygen atoms in total. The van der Waals surface area contributed by atoms with Gasteiger partial charge in [0.2, 0.25) is 11.8 Å². The highest BCUT2D eigenvalue weighted by molar-refractivity contribution is 5.81. The number of benzene rings is 1. The maximum Gasteiger partial charge on any atom is 0.226 e. The lowest BCUT2D eigenvalue weighted by atomic mass is 9.84. The van der Waals surface area contributed by atoms with Gasteiger partial charge in [-0.15, -0.1) is 0 Å². The lowest BCUT2D eigenvalue weighted by molar-refractivity contribution is -0.143. The second-order valence-electron chi connectivity index (χ2n) is 10.2. The standard InChI is InChI=1S/C26H39N3O2/c1-20(30)28-16-13-22(14-17-28)25(31)29-23(18-21-10-6-4-7-11-21)19-26(2)24(29)12-8-5-9-15-27(26)3/h4,6-7,10-11,22-24H,5,8-9,12-19H2,1-3H3/t23-,24+,26+/m1/s1. The van der Waals surface area contributed by atoms with Gasteiger partial charge < -0.3 is 9.80 Å². The van der Waals surface area contributed by atoms with Crippen molar-refractivity contribution in [2.24, 2.45) is 5.92 Å². The predicted molar refractivity (Wildman–Crippen MR) is 124 cm³/mol. The van der Waals surface area contributed by atoms with E-state index in [1.54, 1.807) is 6.92 Å². The average molecular weight is 426 g/mol. The van der Waals surface area contributed by atoms with Crippen LogP contribution in [0.2, 0.25) is 0 Å². The third-order valence-corrected chi connectivity index (χ3v) is 8.30. The molecular formula is C26H39N3O2. The highest BCUT2D eigenvalue weighted by Gasteiger charge is 2.53. The highest BCUT2D eigenvalue weighted by atomic mass is 16.2. The van der Waals surface area contributed by atoms with Crippen LogP contribution in [0.25, 0.3) is 0 Å². The first kappa shape index (κ1) is 22.3. The van der Waals surface area contributed by atoms with Crippen molar-refractivity contribution in [3.05, 3.63) is 35.9 Å². The Morgan fingerprint density at radius 1 is 1.00 bits per heavy atom. The van der Waals surface area contributed by atoms with Gasteiger partial charge in [0.1, 0.15) is 0 Å². The van der Waals surface area contributed by atoms with Gasteiger partial charge in [-0.25, -0.2) is 0 Å². The van der Waals surface area contributed by atoms with E-state index in [2.05, 4.69) is 54.1 Å². The van der Waals surface area contributed by atoms with Crippen LogP contribution >= 0.6 is 0 Å². The second-order valence-corrected chi connectivity index (χ2v) is 10.2. The van der Waals surface area contributed by atoms with Gasteiger partial charge in [-0.1, -0.05) is 43.2 Å². The van der Waals surface area contributed by atoms with Gasteiger partial charge >= 0.3 is 0 Å². The van der Waals surface area contributed by atoms with Crippen LogP contribution in [0.1, 0.15) is 64.4 Å². The summed E-state index contributed by atoms with van der Waals surface area (Å²) in [4.78, 5) is 32.5. The highest BCUT2D eigenvalue weighted by Crippen LogP contribution is 2.43. The van der Waals surface area contributed by atoms with E-state index in [0.717, 1.165) is 38.6 Å². The number of nitrogens with zero attached hydrogens (tertiary/aromatic N) is 3. The zero-order valence-corrected chi connectivity index (χ0v) is 19.6. The Morgan fingerprint density at radius 2 is 1.71 bits per heavy atom. The number of hydrogen-bond donors (Lipinski definition) is 0. The van der Waals surface area contributed by atoms with E-state index in [0.29, 0.717) is 19.0 Å². The van der Waals surface area contributed by atoms with Gasteiger partial charge in [-0.3, -0.25) is 14.5 Å². The summed E-state index contributed by atoms with van der Waals surface area (Å²) in [6.07, 6.45) is 8.38. The Labute approximate surface area is 187 Å². The molecule has 31 heavy (non-hydrogen) atoms. The number of hydrogen-bond acceptors (Lipinski definition) is 3. The molecule has 3 atom stereocenters. The van der Waals surface area contributed by atoms with Crippen LogP contribution in [0.3, 0.4) is 0 Å². The monoisotopic (exact) mass is 425 g/mol. The largest absolute Gasteiger partial charge is 0.343 e. The Hall–Kier alpha value is -1.88. The molecule has 0 saturated carbocycles. The fourth-order valence-electron chi connectivity index (χ4n) is 6.29. The number of likely N-dealkylation sites (tertiary alicyclic amines) is 3. The van der Waals surface area contributed by atoms with Crippen LogP contribution in [-0.2, 0) is 16.0 Å². The molecule has 0 aliphatic carbocycles. The lowest BCUT2D eigenvalue weighted by Crippen LogP contribution is -2.56. The summed E-state index contributed by atoms with van der Waals surface area (Å²) in [6.45, 7) is 6.57. The Bertz CT molecular complexity index is 774. The quantitative estimate of drug-likeness (QED) is 0.741. The molecule has 0 unspecified atom stereocenters. The van der Waals surface area contributed by atoms with Crippen LogP contribution in [0, 0.1) is 5.92 Å². The first-order chi connectivity index (χ1) is 14.9. The number of piperidine rings is 1. The molecule has 5 heteroatoms. The van der Waals surface area contributed by atoms with Gasteiger partial charge in [-0.2, -0.15) is 0 Å². The van der Waals surface area contributed by atoms with E-state index in [1.165, 1.54) is 24.8 Å². The maximum atomic E-state index is 14.0. The molecule has 3 fully saturated rings. The van der Waals surface area contributed by atoms with Crippen molar-refractivity contribution in [2.75, 3.05) is 26.7 Å². The van der Waals surface area contributed by atoms with Crippen molar-refractivity contribution in [3.8, 4) is 0 Å². The molecule has 0 radical (unpaired) electrons. The minimum atomic E-state index is 0.0373. The number of carbonyl (C=O) groups excluding carboxylic acids is 2. The molecule has 2 amide bonds. The molecule has 170 valence electrons. The molecule has 0 N–H and O–H groups in total. The van der Waals surface area contributed by atoms with E-state index >= 15 is 0 Å². The van der Waals surface area contributed by atoms with Gasteiger partial charge in [0, 0.05) is 37.5 Å².